The topological polar surface area (TPSA) is 60.2 Å². The van der Waals surface area contributed by atoms with E-state index < -0.39 is 0 Å². The molecule has 0 bridgehead atoms. The Morgan fingerprint density at radius 3 is 3.05 bits per heavy atom. The van der Waals surface area contributed by atoms with Gasteiger partial charge in [-0.3, -0.25) is 0 Å². The van der Waals surface area contributed by atoms with Gasteiger partial charge in [-0.1, -0.05) is 22.4 Å². The van der Waals surface area contributed by atoms with E-state index in [1.54, 1.807) is 0 Å². The summed E-state index contributed by atoms with van der Waals surface area (Å²) in [6, 6.07) is 6.66. The normalized spacial score (nSPS) is 17.5. The minimum atomic E-state index is 0.399. The molecule has 19 heavy (non-hydrogen) atoms. The molecule has 0 saturated carbocycles. The Balaban J connectivity index is 1.79. The number of aryl methyl sites for hydroxylation is 1. The second kappa shape index (κ2) is 5.01. The van der Waals surface area contributed by atoms with E-state index in [9.17, 15) is 0 Å². The lowest BCUT2D eigenvalue weighted by Crippen LogP contribution is -2.12. The Bertz CT molecular complexity index is 580. The molecule has 0 spiro atoms. The van der Waals surface area contributed by atoms with Crippen LogP contribution in [-0.2, 0) is 13.0 Å². The highest BCUT2D eigenvalue weighted by molar-refractivity contribution is 5.45. The fourth-order valence-corrected chi connectivity index (χ4v) is 2.58. The molecule has 5 heteroatoms. The van der Waals surface area contributed by atoms with Crippen molar-refractivity contribution in [2.24, 2.45) is 0 Å². The van der Waals surface area contributed by atoms with E-state index in [0.29, 0.717) is 12.6 Å². The third-order valence-corrected chi connectivity index (χ3v) is 3.69. The van der Waals surface area contributed by atoms with Crippen LogP contribution in [0.15, 0.2) is 22.8 Å². The summed E-state index contributed by atoms with van der Waals surface area (Å²) in [4.78, 5) is 0. The summed E-state index contributed by atoms with van der Waals surface area (Å²) in [5, 5.41) is 10.9. The minimum Gasteiger partial charge on any atom is -0.487 e. The molecule has 0 aliphatic heterocycles. The fourth-order valence-electron chi connectivity index (χ4n) is 2.58. The van der Waals surface area contributed by atoms with E-state index >= 15 is 0 Å². The molecule has 1 aromatic heterocycles. The summed E-state index contributed by atoms with van der Waals surface area (Å²) in [7, 11) is 2.00. The first kappa shape index (κ1) is 12.2. The van der Waals surface area contributed by atoms with Gasteiger partial charge in [-0.15, -0.1) is 0 Å². The number of hydrogen-bond acceptors (Lipinski definition) is 5. The molecule has 0 fully saturated rings. The highest BCUT2D eigenvalue weighted by Gasteiger charge is 2.23. The monoisotopic (exact) mass is 259 g/mol. The van der Waals surface area contributed by atoms with Gasteiger partial charge in [0.05, 0.1) is 0 Å². The van der Waals surface area contributed by atoms with Crippen molar-refractivity contribution in [3.8, 4) is 5.75 Å². The van der Waals surface area contributed by atoms with Crippen LogP contribution in [0.3, 0.4) is 0 Å². The van der Waals surface area contributed by atoms with Crippen molar-refractivity contribution in [3.05, 3.63) is 40.7 Å². The van der Waals surface area contributed by atoms with Gasteiger partial charge in [-0.25, -0.2) is 4.63 Å². The number of nitrogens with zero attached hydrogens (tertiary/aromatic N) is 2. The highest BCUT2D eigenvalue weighted by Crippen LogP contribution is 2.36. The molecular formula is C14H17N3O2. The highest BCUT2D eigenvalue weighted by atomic mass is 16.6. The van der Waals surface area contributed by atoms with Crippen molar-refractivity contribution in [2.45, 2.75) is 32.4 Å². The summed E-state index contributed by atoms with van der Waals surface area (Å²) in [5.41, 5.74) is 4.17. The molecular weight excluding hydrogens is 242 g/mol. The predicted octanol–water partition coefficient (Wildman–Crippen LogP) is 2.16. The molecule has 1 aromatic carbocycles. The van der Waals surface area contributed by atoms with Gasteiger partial charge in [0.15, 0.2) is 0 Å². The van der Waals surface area contributed by atoms with Gasteiger partial charge in [0, 0.05) is 6.04 Å². The molecule has 1 unspecified atom stereocenters. The summed E-state index contributed by atoms with van der Waals surface area (Å²) in [5.74, 6) is 0.942. The Morgan fingerprint density at radius 1 is 1.42 bits per heavy atom. The van der Waals surface area contributed by atoms with E-state index in [1.165, 1.54) is 11.1 Å². The quantitative estimate of drug-likeness (QED) is 0.911. The van der Waals surface area contributed by atoms with Crippen molar-refractivity contribution >= 4 is 0 Å². The van der Waals surface area contributed by atoms with Gasteiger partial charge in [0.1, 0.15) is 23.7 Å². The standard InChI is InChI=1S/C14H17N3O2/c1-9-13(17-19-16-9)8-18-14-5-3-4-10-11(14)6-7-12(10)15-2/h3-5,12,15H,6-8H2,1-2H3. The van der Waals surface area contributed by atoms with Gasteiger partial charge in [0.2, 0.25) is 0 Å². The Labute approximate surface area is 111 Å². The zero-order valence-corrected chi connectivity index (χ0v) is 11.1. The van der Waals surface area contributed by atoms with Gasteiger partial charge < -0.3 is 10.1 Å². The molecule has 1 atom stereocenters. The molecule has 0 amide bonds. The van der Waals surface area contributed by atoms with Crippen molar-refractivity contribution < 1.29 is 9.37 Å². The van der Waals surface area contributed by atoms with Crippen LogP contribution in [0.2, 0.25) is 0 Å². The van der Waals surface area contributed by atoms with Gasteiger partial charge >= 0.3 is 0 Å². The van der Waals surface area contributed by atoms with Crippen LogP contribution in [0.5, 0.6) is 5.75 Å². The Hall–Kier alpha value is -1.88. The Kier molecular flexibility index (Phi) is 3.21. The molecule has 2 aromatic rings. The third-order valence-electron chi connectivity index (χ3n) is 3.69. The van der Waals surface area contributed by atoms with Crippen molar-refractivity contribution in [2.75, 3.05) is 7.05 Å². The second-order valence-electron chi connectivity index (χ2n) is 4.79. The number of ether oxygens (including phenoxy) is 1. The maximum absolute atomic E-state index is 5.88. The van der Waals surface area contributed by atoms with Crippen molar-refractivity contribution in [3.63, 3.8) is 0 Å². The lowest BCUT2D eigenvalue weighted by Gasteiger charge is -2.12. The summed E-state index contributed by atoms with van der Waals surface area (Å²) in [6.07, 6.45) is 2.17. The smallest absolute Gasteiger partial charge is 0.145 e. The van der Waals surface area contributed by atoms with Crippen LogP contribution in [0.4, 0.5) is 0 Å². The number of fused-ring (bicyclic) bond motifs is 1. The number of hydrogen-bond donors (Lipinski definition) is 1. The molecule has 100 valence electrons. The SMILES string of the molecule is CNC1CCc2c(OCc3nonc3C)cccc21. The largest absolute Gasteiger partial charge is 0.487 e. The van der Waals surface area contributed by atoms with E-state index in [-0.39, 0.29) is 0 Å². The number of nitrogens with one attached hydrogen (secondary N) is 1. The van der Waals surface area contributed by atoms with Crippen molar-refractivity contribution in [1.29, 1.82) is 0 Å². The molecule has 1 aliphatic rings. The average molecular weight is 259 g/mol. The van der Waals surface area contributed by atoms with E-state index in [4.69, 9.17) is 4.74 Å². The molecule has 1 N–H and O–H groups in total. The maximum Gasteiger partial charge on any atom is 0.145 e. The second-order valence-corrected chi connectivity index (χ2v) is 4.79. The van der Waals surface area contributed by atoms with E-state index in [1.807, 2.05) is 26.1 Å². The van der Waals surface area contributed by atoms with Gasteiger partial charge in [-0.05, 0) is 44.0 Å². The van der Waals surface area contributed by atoms with Gasteiger partial charge in [0.25, 0.3) is 0 Å². The molecule has 0 saturated heterocycles. The predicted molar refractivity (Wildman–Crippen MR) is 69.9 cm³/mol. The van der Waals surface area contributed by atoms with Crippen LogP contribution in [0, 0.1) is 6.92 Å². The number of aromatic nitrogens is 2. The lowest BCUT2D eigenvalue weighted by molar-refractivity contribution is 0.268. The molecule has 1 aliphatic carbocycles. The zero-order chi connectivity index (χ0) is 13.2. The van der Waals surface area contributed by atoms with Crippen LogP contribution >= 0.6 is 0 Å². The first-order valence-electron chi connectivity index (χ1n) is 6.49. The number of rotatable bonds is 4. The molecule has 1 heterocycles. The summed E-state index contributed by atoms with van der Waals surface area (Å²) >= 11 is 0. The van der Waals surface area contributed by atoms with E-state index in [2.05, 4.69) is 26.3 Å². The van der Waals surface area contributed by atoms with Crippen LogP contribution in [0.1, 0.15) is 35.0 Å². The number of benzene rings is 1. The lowest BCUT2D eigenvalue weighted by atomic mass is 10.1. The van der Waals surface area contributed by atoms with Crippen LogP contribution < -0.4 is 10.1 Å². The summed E-state index contributed by atoms with van der Waals surface area (Å²) < 4.78 is 10.5. The maximum atomic E-state index is 5.88. The average Bonchev–Trinajstić information content (AvgIpc) is 3.02. The van der Waals surface area contributed by atoms with Crippen LogP contribution in [-0.4, -0.2) is 17.4 Å². The minimum absolute atomic E-state index is 0.399. The molecule has 0 radical (unpaired) electrons. The Morgan fingerprint density at radius 2 is 2.32 bits per heavy atom. The van der Waals surface area contributed by atoms with Crippen molar-refractivity contribution in [1.82, 2.24) is 15.6 Å². The molecule has 3 rings (SSSR count). The third kappa shape index (κ3) is 2.21. The first-order chi connectivity index (χ1) is 9.29. The van der Waals surface area contributed by atoms with Crippen LogP contribution in [0.25, 0.3) is 0 Å². The summed E-state index contributed by atoms with van der Waals surface area (Å²) in [6.45, 7) is 2.26. The zero-order valence-electron chi connectivity index (χ0n) is 11.1. The fraction of sp³-hybridized carbons (Fsp3) is 0.429. The first-order valence-corrected chi connectivity index (χ1v) is 6.49. The van der Waals surface area contributed by atoms with E-state index in [0.717, 1.165) is 30.0 Å². The molecule has 5 nitrogen and oxygen atoms in total. The van der Waals surface area contributed by atoms with Gasteiger partial charge in [-0.2, -0.15) is 0 Å².